The van der Waals surface area contributed by atoms with E-state index in [2.05, 4.69) is 12.2 Å². The summed E-state index contributed by atoms with van der Waals surface area (Å²) in [6.45, 7) is 3.05. The van der Waals surface area contributed by atoms with Crippen molar-refractivity contribution in [1.82, 2.24) is 5.32 Å². The number of rotatable bonds is 6. The van der Waals surface area contributed by atoms with Crippen LogP contribution < -0.4 is 11.1 Å². The Bertz CT molecular complexity index is 233. The molecule has 17 heavy (non-hydrogen) atoms. The third kappa shape index (κ3) is 5.98. The zero-order valence-electron chi connectivity index (χ0n) is 10.8. The van der Waals surface area contributed by atoms with Gasteiger partial charge in [-0.15, -0.1) is 12.4 Å². The van der Waals surface area contributed by atoms with E-state index in [4.69, 9.17) is 5.73 Å². The van der Waals surface area contributed by atoms with Crippen molar-refractivity contribution in [3.63, 3.8) is 0 Å². The van der Waals surface area contributed by atoms with Gasteiger partial charge in [-0.2, -0.15) is 11.8 Å². The third-order valence-corrected chi connectivity index (χ3v) is 4.11. The molecule has 1 atom stereocenters. The van der Waals surface area contributed by atoms with Crippen molar-refractivity contribution in [3.05, 3.63) is 0 Å². The first kappa shape index (κ1) is 17.1. The summed E-state index contributed by atoms with van der Waals surface area (Å²) in [5.41, 5.74) is 6.12. The minimum absolute atomic E-state index is 0. The molecule has 1 fully saturated rings. The predicted molar refractivity (Wildman–Crippen MR) is 77.8 cm³/mol. The Morgan fingerprint density at radius 3 is 2.59 bits per heavy atom. The van der Waals surface area contributed by atoms with Crippen molar-refractivity contribution in [2.45, 2.75) is 45.1 Å². The van der Waals surface area contributed by atoms with Gasteiger partial charge in [0.2, 0.25) is 5.91 Å². The molecule has 0 spiro atoms. The van der Waals surface area contributed by atoms with Gasteiger partial charge in [0, 0.05) is 6.54 Å². The first-order chi connectivity index (χ1) is 7.57. The summed E-state index contributed by atoms with van der Waals surface area (Å²) < 4.78 is 0. The Kier molecular flexibility index (Phi) is 8.25. The van der Waals surface area contributed by atoms with Crippen LogP contribution in [0, 0.1) is 5.41 Å². The fraction of sp³-hybridized carbons (Fsp3) is 0.917. The number of hydrogen-bond donors (Lipinski definition) is 2. The number of thioether (sulfide) groups is 1. The molecule has 3 nitrogen and oxygen atoms in total. The van der Waals surface area contributed by atoms with Crippen LogP contribution in [0.25, 0.3) is 0 Å². The molecule has 3 N–H and O–H groups in total. The zero-order chi connectivity index (χ0) is 12.0. The van der Waals surface area contributed by atoms with Gasteiger partial charge in [0.1, 0.15) is 0 Å². The van der Waals surface area contributed by atoms with Gasteiger partial charge >= 0.3 is 0 Å². The van der Waals surface area contributed by atoms with E-state index in [1.165, 1.54) is 25.7 Å². The maximum Gasteiger partial charge on any atom is 0.236 e. The summed E-state index contributed by atoms with van der Waals surface area (Å²) >= 11 is 1.73. The largest absolute Gasteiger partial charge is 0.354 e. The number of amides is 1. The highest BCUT2D eigenvalue weighted by atomic mass is 35.5. The Morgan fingerprint density at radius 2 is 2.06 bits per heavy atom. The van der Waals surface area contributed by atoms with Gasteiger partial charge < -0.3 is 11.1 Å². The smallest absolute Gasteiger partial charge is 0.236 e. The van der Waals surface area contributed by atoms with Crippen LogP contribution in [-0.2, 0) is 4.79 Å². The second kappa shape index (κ2) is 8.22. The van der Waals surface area contributed by atoms with Crippen molar-refractivity contribution in [2.24, 2.45) is 11.1 Å². The average molecular weight is 281 g/mol. The van der Waals surface area contributed by atoms with Crippen LogP contribution in [0.5, 0.6) is 0 Å². The standard InChI is InChI=1S/C12H24N2OS.ClH/c1-12(6-3-4-7-12)9-14-11(15)10(13)5-8-16-2;/h10H,3-9,13H2,1-2H3,(H,14,15);1H/t10-;/m0./s1. The molecule has 1 aliphatic rings. The molecule has 5 heteroatoms. The van der Waals surface area contributed by atoms with Gasteiger partial charge in [0.05, 0.1) is 6.04 Å². The fourth-order valence-electron chi connectivity index (χ4n) is 2.21. The van der Waals surface area contributed by atoms with E-state index in [0.717, 1.165) is 18.7 Å². The Hall–Kier alpha value is 0.0700. The third-order valence-electron chi connectivity index (χ3n) is 3.47. The van der Waals surface area contributed by atoms with E-state index in [1.54, 1.807) is 11.8 Å². The zero-order valence-corrected chi connectivity index (χ0v) is 12.5. The van der Waals surface area contributed by atoms with Gasteiger partial charge in [0.25, 0.3) is 0 Å². The summed E-state index contributed by atoms with van der Waals surface area (Å²) in [4.78, 5) is 11.7. The molecule has 0 aromatic carbocycles. The van der Waals surface area contributed by atoms with Crippen LogP contribution in [0.15, 0.2) is 0 Å². The number of nitrogens with two attached hydrogens (primary N) is 1. The summed E-state index contributed by atoms with van der Waals surface area (Å²) in [5.74, 6) is 0.966. The molecule has 0 unspecified atom stereocenters. The molecule has 0 bridgehead atoms. The van der Waals surface area contributed by atoms with Gasteiger partial charge in [-0.25, -0.2) is 0 Å². The van der Waals surface area contributed by atoms with Gasteiger partial charge in [-0.3, -0.25) is 4.79 Å². The highest BCUT2D eigenvalue weighted by Gasteiger charge is 2.29. The summed E-state index contributed by atoms with van der Waals surface area (Å²) in [7, 11) is 0. The lowest BCUT2D eigenvalue weighted by Crippen LogP contribution is -2.44. The molecule has 0 heterocycles. The van der Waals surface area contributed by atoms with Crippen LogP contribution in [0.2, 0.25) is 0 Å². The second-order valence-electron chi connectivity index (χ2n) is 5.12. The number of nitrogens with one attached hydrogen (secondary N) is 1. The van der Waals surface area contributed by atoms with Crippen LogP contribution >= 0.6 is 24.2 Å². The van der Waals surface area contributed by atoms with Crippen LogP contribution in [-0.4, -0.2) is 30.5 Å². The first-order valence-corrected chi connectivity index (χ1v) is 7.49. The predicted octanol–water partition coefficient (Wildman–Crippen LogP) is 2.19. The molecular formula is C12H25ClN2OS. The molecule has 1 aliphatic carbocycles. The normalized spacial score (nSPS) is 19.5. The maximum atomic E-state index is 11.7. The number of carbonyl (C=O) groups excluding carboxylic acids is 1. The van der Waals surface area contributed by atoms with E-state index in [1.807, 2.05) is 6.26 Å². The quantitative estimate of drug-likeness (QED) is 0.784. The van der Waals surface area contributed by atoms with Crippen molar-refractivity contribution in [2.75, 3.05) is 18.6 Å². The molecule has 1 amide bonds. The number of halogens is 1. The molecule has 102 valence electrons. The second-order valence-corrected chi connectivity index (χ2v) is 6.11. The molecule has 0 radical (unpaired) electrons. The Labute approximate surface area is 115 Å². The lowest BCUT2D eigenvalue weighted by Gasteiger charge is -2.24. The monoisotopic (exact) mass is 280 g/mol. The van der Waals surface area contributed by atoms with Crippen LogP contribution in [0.1, 0.15) is 39.0 Å². The molecule has 1 saturated carbocycles. The maximum absolute atomic E-state index is 11.7. The summed E-state index contributed by atoms with van der Waals surface area (Å²) in [5, 5.41) is 3.00. The van der Waals surface area contributed by atoms with Gasteiger partial charge in [0.15, 0.2) is 0 Å². The highest BCUT2D eigenvalue weighted by molar-refractivity contribution is 7.98. The molecule has 1 rings (SSSR count). The molecule has 0 aromatic rings. The van der Waals surface area contributed by atoms with E-state index in [-0.39, 0.29) is 24.4 Å². The van der Waals surface area contributed by atoms with Crippen molar-refractivity contribution >= 4 is 30.1 Å². The van der Waals surface area contributed by atoms with Crippen LogP contribution in [0.4, 0.5) is 0 Å². The molecule has 0 saturated heterocycles. The topological polar surface area (TPSA) is 55.1 Å². The average Bonchev–Trinajstić information content (AvgIpc) is 2.70. The van der Waals surface area contributed by atoms with Gasteiger partial charge in [-0.1, -0.05) is 19.8 Å². The Balaban J connectivity index is 0.00000256. The summed E-state index contributed by atoms with van der Waals surface area (Å²) in [6.07, 6.45) is 7.85. The van der Waals surface area contributed by atoms with Crippen LogP contribution in [0.3, 0.4) is 0 Å². The molecule has 0 aromatic heterocycles. The van der Waals surface area contributed by atoms with E-state index in [9.17, 15) is 4.79 Å². The van der Waals surface area contributed by atoms with E-state index in [0.29, 0.717) is 5.41 Å². The lowest BCUT2D eigenvalue weighted by atomic mass is 9.89. The van der Waals surface area contributed by atoms with E-state index >= 15 is 0 Å². The minimum atomic E-state index is -0.336. The molecule has 0 aliphatic heterocycles. The minimum Gasteiger partial charge on any atom is -0.354 e. The van der Waals surface area contributed by atoms with Gasteiger partial charge in [-0.05, 0) is 36.7 Å². The van der Waals surface area contributed by atoms with Crippen molar-refractivity contribution in [1.29, 1.82) is 0 Å². The van der Waals surface area contributed by atoms with Crippen molar-refractivity contribution in [3.8, 4) is 0 Å². The Morgan fingerprint density at radius 1 is 1.47 bits per heavy atom. The molecular weight excluding hydrogens is 256 g/mol. The lowest BCUT2D eigenvalue weighted by molar-refractivity contribution is -0.122. The fourth-order valence-corrected chi connectivity index (χ4v) is 2.70. The SMILES string of the molecule is CSCC[C@H](N)C(=O)NCC1(C)CCCC1.Cl. The number of hydrogen-bond acceptors (Lipinski definition) is 3. The van der Waals surface area contributed by atoms with E-state index < -0.39 is 0 Å². The summed E-state index contributed by atoms with van der Waals surface area (Å²) in [6, 6.07) is -0.336. The highest BCUT2D eigenvalue weighted by Crippen LogP contribution is 2.36. The number of carbonyl (C=O) groups is 1. The first-order valence-electron chi connectivity index (χ1n) is 6.10. The van der Waals surface area contributed by atoms with Crippen molar-refractivity contribution < 1.29 is 4.79 Å².